The zero-order valence-electron chi connectivity index (χ0n) is 7.23. The highest BCUT2D eigenvalue weighted by molar-refractivity contribution is 5.78. The lowest BCUT2D eigenvalue weighted by Crippen LogP contribution is -2.07. The first-order chi connectivity index (χ1) is 6.15. The SMILES string of the molecule is CC(C(=O)O)c1cccc(C=O)c1. The van der Waals surface area contributed by atoms with Crippen molar-refractivity contribution in [3.05, 3.63) is 35.4 Å². The second kappa shape index (κ2) is 3.85. The lowest BCUT2D eigenvalue weighted by atomic mass is 10.00. The Kier molecular flexibility index (Phi) is 2.80. The minimum Gasteiger partial charge on any atom is -0.481 e. The third-order valence-corrected chi connectivity index (χ3v) is 1.92. The molecular weight excluding hydrogens is 168 g/mol. The molecule has 1 unspecified atom stereocenters. The van der Waals surface area contributed by atoms with E-state index in [-0.39, 0.29) is 0 Å². The molecule has 1 N–H and O–H groups in total. The van der Waals surface area contributed by atoms with Gasteiger partial charge in [-0.3, -0.25) is 9.59 Å². The van der Waals surface area contributed by atoms with E-state index in [1.165, 1.54) is 0 Å². The van der Waals surface area contributed by atoms with Crippen molar-refractivity contribution < 1.29 is 14.7 Å². The van der Waals surface area contributed by atoms with Crippen molar-refractivity contribution in [2.45, 2.75) is 12.8 Å². The number of carbonyl (C=O) groups excluding carboxylic acids is 1. The summed E-state index contributed by atoms with van der Waals surface area (Å²) in [6, 6.07) is 6.61. The van der Waals surface area contributed by atoms with E-state index in [9.17, 15) is 9.59 Å². The maximum Gasteiger partial charge on any atom is 0.310 e. The highest BCUT2D eigenvalue weighted by atomic mass is 16.4. The molecule has 1 atom stereocenters. The second-order valence-corrected chi connectivity index (χ2v) is 2.85. The van der Waals surface area contributed by atoms with Gasteiger partial charge in [-0.25, -0.2) is 0 Å². The molecule has 0 aromatic heterocycles. The van der Waals surface area contributed by atoms with E-state index < -0.39 is 11.9 Å². The molecule has 0 radical (unpaired) electrons. The number of benzene rings is 1. The molecule has 0 aliphatic rings. The number of aldehydes is 1. The fraction of sp³-hybridized carbons (Fsp3) is 0.200. The predicted octanol–water partition coefficient (Wildman–Crippen LogP) is 1.69. The Morgan fingerprint density at radius 1 is 1.54 bits per heavy atom. The summed E-state index contributed by atoms with van der Waals surface area (Å²) in [6.45, 7) is 1.59. The Bertz CT molecular complexity index is 331. The molecule has 13 heavy (non-hydrogen) atoms. The van der Waals surface area contributed by atoms with Gasteiger partial charge in [0.1, 0.15) is 6.29 Å². The first-order valence-corrected chi connectivity index (χ1v) is 3.93. The number of carbonyl (C=O) groups is 2. The molecule has 0 amide bonds. The Hall–Kier alpha value is -1.64. The summed E-state index contributed by atoms with van der Waals surface area (Å²) in [6.07, 6.45) is 0.706. The molecule has 0 aliphatic carbocycles. The largest absolute Gasteiger partial charge is 0.481 e. The van der Waals surface area contributed by atoms with Gasteiger partial charge < -0.3 is 5.11 Å². The normalized spacial score (nSPS) is 12.1. The minimum atomic E-state index is -0.886. The van der Waals surface area contributed by atoms with Crippen molar-refractivity contribution in [3.63, 3.8) is 0 Å². The van der Waals surface area contributed by atoms with Gasteiger partial charge >= 0.3 is 5.97 Å². The van der Waals surface area contributed by atoms with Gasteiger partial charge in [-0.05, 0) is 18.6 Å². The zero-order chi connectivity index (χ0) is 9.84. The zero-order valence-corrected chi connectivity index (χ0v) is 7.23. The second-order valence-electron chi connectivity index (χ2n) is 2.85. The molecule has 0 saturated heterocycles. The van der Waals surface area contributed by atoms with Crippen molar-refractivity contribution in [2.24, 2.45) is 0 Å². The standard InChI is InChI=1S/C10H10O3/c1-7(10(12)13)9-4-2-3-8(5-9)6-11/h2-7H,1H3,(H,12,13). The Morgan fingerprint density at radius 2 is 2.23 bits per heavy atom. The monoisotopic (exact) mass is 178 g/mol. The quantitative estimate of drug-likeness (QED) is 0.716. The summed E-state index contributed by atoms with van der Waals surface area (Å²) >= 11 is 0. The molecular formula is C10H10O3. The van der Waals surface area contributed by atoms with E-state index in [0.717, 1.165) is 0 Å². The summed E-state index contributed by atoms with van der Waals surface area (Å²) in [5.41, 5.74) is 1.16. The molecule has 0 saturated carbocycles. The molecule has 3 nitrogen and oxygen atoms in total. The van der Waals surface area contributed by atoms with Crippen LogP contribution in [0, 0.1) is 0 Å². The molecule has 1 rings (SSSR count). The molecule has 0 heterocycles. The van der Waals surface area contributed by atoms with Crippen LogP contribution in [-0.2, 0) is 4.79 Å². The number of carboxylic acids is 1. The van der Waals surface area contributed by atoms with Crippen molar-refractivity contribution >= 4 is 12.3 Å². The third-order valence-electron chi connectivity index (χ3n) is 1.92. The predicted molar refractivity (Wildman–Crippen MR) is 47.9 cm³/mol. The molecule has 0 spiro atoms. The molecule has 68 valence electrons. The summed E-state index contributed by atoms with van der Waals surface area (Å²) in [4.78, 5) is 21.0. The van der Waals surface area contributed by atoms with Gasteiger partial charge in [0, 0.05) is 5.56 Å². The van der Waals surface area contributed by atoms with Crippen LogP contribution in [0.3, 0.4) is 0 Å². The van der Waals surface area contributed by atoms with Gasteiger partial charge in [-0.1, -0.05) is 18.2 Å². The topological polar surface area (TPSA) is 54.4 Å². The number of aliphatic carboxylic acids is 1. The number of carboxylic acid groups (broad SMARTS) is 1. The van der Waals surface area contributed by atoms with Crippen LogP contribution in [0.1, 0.15) is 28.8 Å². The molecule has 0 aliphatic heterocycles. The lowest BCUT2D eigenvalue weighted by molar-refractivity contribution is -0.138. The fourth-order valence-electron chi connectivity index (χ4n) is 1.04. The maximum atomic E-state index is 10.6. The Labute approximate surface area is 76.0 Å². The van der Waals surface area contributed by atoms with E-state index in [1.807, 2.05) is 0 Å². The van der Waals surface area contributed by atoms with E-state index in [0.29, 0.717) is 17.4 Å². The van der Waals surface area contributed by atoms with Crippen molar-refractivity contribution in [3.8, 4) is 0 Å². The Balaban J connectivity index is 3.01. The first kappa shape index (κ1) is 9.45. The van der Waals surface area contributed by atoms with Crippen LogP contribution in [0.5, 0.6) is 0 Å². The summed E-state index contributed by atoms with van der Waals surface area (Å²) < 4.78 is 0. The molecule has 1 aromatic carbocycles. The van der Waals surface area contributed by atoms with Crippen molar-refractivity contribution in [1.82, 2.24) is 0 Å². The molecule has 0 fully saturated rings. The summed E-state index contributed by atoms with van der Waals surface area (Å²) in [5.74, 6) is -1.46. The maximum absolute atomic E-state index is 10.6. The van der Waals surface area contributed by atoms with Gasteiger partial charge in [0.2, 0.25) is 0 Å². The highest BCUT2D eigenvalue weighted by Crippen LogP contribution is 2.15. The summed E-state index contributed by atoms with van der Waals surface area (Å²) in [5, 5.41) is 8.71. The molecule has 1 aromatic rings. The summed E-state index contributed by atoms with van der Waals surface area (Å²) in [7, 11) is 0. The van der Waals surface area contributed by atoms with E-state index >= 15 is 0 Å². The lowest BCUT2D eigenvalue weighted by Gasteiger charge is -2.05. The third kappa shape index (κ3) is 2.15. The van der Waals surface area contributed by atoms with Crippen LogP contribution in [-0.4, -0.2) is 17.4 Å². The number of hydrogen-bond acceptors (Lipinski definition) is 2. The fourth-order valence-corrected chi connectivity index (χ4v) is 1.04. The smallest absolute Gasteiger partial charge is 0.310 e. The van der Waals surface area contributed by atoms with Gasteiger partial charge in [0.05, 0.1) is 5.92 Å². The van der Waals surface area contributed by atoms with E-state index in [1.54, 1.807) is 31.2 Å². The number of hydrogen-bond donors (Lipinski definition) is 1. The Morgan fingerprint density at radius 3 is 2.77 bits per heavy atom. The van der Waals surface area contributed by atoms with Crippen LogP contribution in [0.4, 0.5) is 0 Å². The number of rotatable bonds is 3. The van der Waals surface area contributed by atoms with Crippen LogP contribution in [0.15, 0.2) is 24.3 Å². The van der Waals surface area contributed by atoms with Crippen LogP contribution >= 0.6 is 0 Å². The van der Waals surface area contributed by atoms with E-state index in [4.69, 9.17) is 5.11 Å². The average Bonchev–Trinajstić information content (AvgIpc) is 2.16. The van der Waals surface area contributed by atoms with Crippen LogP contribution < -0.4 is 0 Å². The van der Waals surface area contributed by atoms with Crippen molar-refractivity contribution in [2.75, 3.05) is 0 Å². The van der Waals surface area contributed by atoms with Crippen LogP contribution in [0.2, 0.25) is 0 Å². The van der Waals surface area contributed by atoms with Gasteiger partial charge in [-0.2, -0.15) is 0 Å². The molecule has 0 bridgehead atoms. The van der Waals surface area contributed by atoms with E-state index in [2.05, 4.69) is 0 Å². The highest BCUT2D eigenvalue weighted by Gasteiger charge is 2.13. The molecule has 3 heteroatoms. The van der Waals surface area contributed by atoms with Gasteiger partial charge in [0.25, 0.3) is 0 Å². The minimum absolute atomic E-state index is 0.505. The van der Waals surface area contributed by atoms with Crippen LogP contribution in [0.25, 0.3) is 0 Å². The van der Waals surface area contributed by atoms with Gasteiger partial charge in [-0.15, -0.1) is 0 Å². The van der Waals surface area contributed by atoms with Crippen molar-refractivity contribution in [1.29, 1.82) is 0 Å². The average molecular weight is 178 g/mol. The first-order valence-electron chi connectivity index (χ1n) is 3.93. The van der Waals surface area contributed by atoms with Gasteiger partial charge in [0.15, 0.2) is 0 Å².